The monoisotopic (exact) mass is 711 g/mol. The van der Waals surface area contributed by atoms with Crippen molar-refractivity contribution in [3.05, 3.63) is 186 Å². The molecule has 0 N–H and O–H groups in total. The maximum atomic E-state index is 2.53. The molecule has 0 heterocycles. The molecule has 1 nitrogen and oxygen atoms in total. The van der Waals surface area contributed by atoms with Crippen molar-refractivity contribution in [2.24, 2.45) is 0 Å². The van der Waals surface area contributed by atoms with E-state index in [2.05, 4.69) is 190 Å². The SMILES string of the molecule is CC1(C)c2ccccc2-c2ccc(N(c3ccc4c(c3)C(C)(C)c3cccc(-c5ccccc5)c3-4)c3ccccc3-c3ccc(C4CCCCC4)cc3)cc21. The van der Waals surface area contributed by atoms with Gasteiger partial charge in [-0.2, -0.15) is 0 Å². The second kappa shape index (κ2) is 13.0. The fourth-order valence-corrected chi connectivity index (χ4v) is 10.3. The van der Waals surface area contributed by atoms with Crippen molar-refractivity contribution in [3.63, 3.8) is 0 Å². The summed E-state index contributed by atoms with van der Waals surface area (Å²) in [7, 11) is 0. The van der Waals surface area contributed by atoms with Crippen molar-refractivity contribution >= 4 is 17.1 Å². The van der Waals surface area contributed by atoms with Crippen LogP contribution in [0.2, 0.25) is 0 Å². The molecule has 1 fully saturated rings. The number of hydrogen-bond donors (Lipinski definition) is 0. The maximum Gasteiger partial charge on any atom is 0.0540 e. The highest BCUT2D eigenvalue weighted by molar-refractivity contribution is 5.96. The molecule has 0 atom stereocenters. The maximum absolute atomic E-state index is 2.53. The highest BCUT2D eigenvalue weighted by atomic mass is 15.1. The van der Waals surface area contributed by atoms with E-state index in [0.29, 0.717) is 5.92 Å². The second-order valence-electron chi connectivity index (χ2n) is 17.2. The van der Waals surface area contributed by atoms with Gasteiger partial charge in [-0.25, -0.2) is 0 Å². The van der Waals surface area contributed by atoms with Gasteiger partial charge >= 0.3 is 0 Å². The Morgan fingerprint density at radius 2 is 0.964 bits per heavy atom. The van der Waals surface area contributed by atoms with Crippen LogP contribution in [0.15, 0.2) is 158 Å². The number of hydrogen-bond acceptors (Lipinski definition) is 1. The molecule has 10 rings (SSSR count). The number of fused-ring (bicyclic) bond motifs is 6. The molecule has 0 amide bonds. The van der Waals surface area contributed by atoms with E-state index in [1.165, 1.54) is 121 Å². The summed E-state index contributed by atoms with van der Waals surface area (Å²) in [4.78, 5) is 2.53. The first-order valence-corrected chi connectivity index (χ1v) is 20.4. The number of anilines is 3. The second-order valence-corrected chi connectivity index (χ2v) is 17.2. The molecule has 0 bridgehead atoms. The molecule has 7 aromatic carbocycles. The van der Waals surface area contributed by atoms with Crippen LogP contribution in [0, 0.1) is 0 Å². The molecule has 3 aliphatic rings. The van der Waals surface area contributed by atoms with Gasteiger partial charge in [0.2, 0.25) is 0 Å². The molecule has 7 aromatic rings. The number of rotatable bonds is 6. The van der Waals surface area contributed by atoms with E-state index in [4.69, 9.17) is 0 Å². The van der Waals surface area contributed by atoms with Crippen LogP contribution in [0.1, 0.15) is 93.5 Å². The smallest absolute Gasteiger partial charge is 0.0540 e. The van der Waals surface area contributed by atoms with Crippen molar-refractivity contribution in [1.82, 2.24) is 0 Å². The van der Waals surface area contributed by atoms with Crippen molar-refractivity contribution in [1.29, 1.82) is 0 Å². The summed E-state index contributed by atoms with van der Waals surface area (Å²) in [5, 5.41) is 0. The first-order valence-electron chi connectivity index (χ1n) is 20.4. The van der Waals surface area contributed by atoms with Gasteiger partial charge in [0.05, 0.1) is 5.69 Å². The molecule has 3 aliphatic carbocycles. The first-order chi connectivity index (χ1) is 26.8. The van der Waals surface area contributed by atoms with Gasteiger partial charge in [-0.1, -0.05) is 174 Å². The van der Waals surface area contributed by atoms with Crippen LogP contribution < -0.4 is 4.90 Å². The van der Waals surface area contributed by atoms with Crippen LogP contribution in [0.25, 0.3) is 44.5 Å². The minimum Gasteiger partial charge on any atom is -0.310 e. The Kier molecular flexibility index (Phi) is 8.00. The molecule has 0 aliphatic heterocycles. The summed E-state index contributed by atoms with van der Waals surface area (Å²) in [5.74, 6) is 0.690. The van der Waals surface area contributed by atoms with Gasteiger partial charge in [0.25, 0.3) is 0 Å². The summed E-state index contributed by atoms with van der Waals surface area (Å²) < 4.78 is 0. The quantitative estimate of drug-likeness (QED) is 0.166. The molecular weight excluding hydrogens is 663 g/mol. The number of nitrogens with zero attached hydrogens (tertiary/aromatic N) is 1. The van der Waals surface area contributed by atoms with Gasteiger partial charge in [0.1, 0.15) is 0 Å². The van der Waals surface area contributed by atoms with Crippen LogP contribution in [-0.2, 0) is 10.8 Å². The minimum absolute atomic E-state index is 0.0997. The van der Waals surface area contributed by atoms with E-state index >= 15 is 0 Å². The molecule has 55 heavy (non-hydrogen) atoms. The Balaban J connectivity index is 1.15. The zero-order chi connectivity index (χ0) is 37.3. The predicted octanol–water partition coefficient (Wildman–Crippen LogP) is 15.2. The Labute approximate surface area is 327 Å². The van der Waals surface area contributed by atoms with E-state index in [1.54, 1.807) is 0 Å². The normalized spacial score (nSPS) is 16.2. The Morgan fingerprint density at radius 1 is 0.418 bits per heavy atom. The van der Waals surface area contributed by atoms with Crippen molar-refractivity contribution in [3.8, 4) is 44.5 Å². The minimum atomic E-state index is -0.160. The Hall–Kier alpha value is -5.66. The number of para-hydroxylation sites is 1. The van der Waals surface area contributed by atoms with E-state index in [1.807, 2.05) is 0 Å². The van der Waals surface area contributed by atoms with Gasteiger partial charge in [-0.05, 0) is 116 Å². The lowest BCUT2D eigenvalue weighted by Crippen LogP contribution is -2.18. The van der Waals surface area contributed by atoms with Crippen molar-refractivity contribution in [2.75, 3.05) is 4.90 Å². The molecule has 270 valence electrons. The molecule has 0 radical (unpaired) electrons. The summed E-state index contributed by atoms with van der Waals surface area (Å²) in [5.41, 5.74) is 20.8. The molecular formula is C54H49N. The van der Waals surface area contributed by atoms with E-state index in [0.717, 1.165) is 0 Å². The third-order valence-corrected chi connectivity index (χ3v) is 13.3. The summed E-state index contributed by atoms with van der Waals surface area (Å²) in [6.45, 7) is 9.56. The lowest BCUT2D eigenvalue weighted by atomic mass is 9.81. The summed E-state index contributed by atoms with van der Waals surface area (Å²) in [6, 6.07) is 59.7. The summed E-state index contributed by atoms with van der Waals surface area (Å²) >= 11 is 0. The third kappa shape index (κ3) is 5.42. The fourth-order valence-electron chi connectivity index (χ4n) is 10.3. The zero-order valence-electron chi connectivity index (χ0n) is 32.6. The third-order valence-electron chi connectivity index (χ3n) is 13.3. The average molecular weight is 712 g/mol. The van der Waals surface area contributed by atoms with Crippen LogP contribution in [0.4, 0.5) is 17.1 Å². The van der Waals surface area contributed by atoms with Crippen LogP contribution in [0.5, 0.6) is 0 Å². The van der Waals surface area contributed by atoms with Gasteiger partial charge < -0.3 is 4.90 Å². The zero-order valence-corrected chi connectivity index (χ0v) is 32.6. The van der Waals surface area contributed by atoms with Crippen LogP contribution in [0.3, 0.4) is 0 Å². The van der Waals surface area contributed by atoms with Gasteiger partial charge in [0.15, 0.2) is 0 Å². The summed E-state index contributed by atoms with van der Waals surface area (Å²) in [6.07, 6.45) is 6.71. The molecule has 0 aromatic heterocycles. The highest BCUT2D eigenvalue weighted by Gasteiger charge is 2.39. The molecule has 0 saturated heterocycles. The fraction of sp³-hybridized carbons (Fsp3) is 0.222. The Bertz CT molecular complexity index is 2560. The molecule has 0 unspecified atom stereocenters. The molecule has 1 heteroatoms. The molecule has 1 saturated carbocycles. The molecule has 0 spiro atoms. The first kappa shape index (κ1) is 33.9. The highest BCUT2D eigenvalue weighted by Crippen LogP contribution is 2.55. The van der Waals surface area contributed by atoms with E-state index in [-0.39, 0.29) is 10.8 Å². The topological polar surface area (TPSA) is 3.24 Å². The number of benzene rings is 7. The van der Waals surface area contributed by atoms with Crippen molar-refractivity contribution in [2.45, 2.75) is 76.5 Å². The predicted molar refractivity (Wildman–Crippen MR) is 233 cm³/mol. The average Bonchev–Trinajstić information content (AvgIpc) is 3.61. The van der Waals surface area contributed by atoms with Crippen molar-refractivity contribution < 1.29 is 0 Å². The largest absolute Gasteiger partial charge is 0.310 e. The van der Waals surface area contributed by atoms with Crippen LogP contribution in [-0.4, -0.2) is 0 Å². The van der Waals surface area contributed by atoms with Crippen LogP contribution >= 0.6 is 0 Å². The van der Waals surface area contributed by atoms with Gasteiger partial charge in [0, 0.05) is 27.8 Å². The lowest BCUT2D eigenvalue weighted by Gasteiger charge is -2.31. The van der Waals surface area contributed by atoms with Gasteiger partial charge in [-0.15, -0.1) is 0 Å². The Morgan fingerprint density at radius 3 is 1.71 bits per heavy atom. The van der Waals surface area contributed by atoms with E-state index < -0.39 is 0 Å². The standard InChI is InChI=1S/C54H49N/c1-53(2)47-23-13-11-21-44(47)45-32-30-40(34-49(45)53)55(51-25-14-12-20-42(51)39-28-26-37(27-29-39)36-16-7-5-8-17-36)41-31-33-46-50(35-41)54(3,4)48-24-15-22-43(52(46)48)38-18-9-6-10-19-38/h6,9-15,18-36H,5,7-8,16-17H2,1-4H3. The van der Waals surface area contributed by atoms with Gasteiger partial charge in [-0.3, -0.25) is 0 Å². The lowest BCUT2D eigenvalue weighted by molar-refractivity contribution is 0.443. The van der Waals surface area contributed by atoms with E-state index in [9.17, 15) is 0 Å².